The predicted octanol–water partition coefficient (Wildman–Crippen LogP) is 3.60. The van der Waals surface area contributed by atoms with Gasteiger partial charge in [-0.15, -0.1) is 24.0 Å². The first-order chi connectivity index (χ1) is 11.3. The molecule has 0 bridgehead atoms. The first kappa shape index (κ1) is 22.3. The number of hydrogen-bond donors (Lipinski definition) is 1. The van der Waals surface area contributed by atoms with Gasteiger partial charge in [-0.1, -0.05) is 29.8 Å². The molecule has 0 radical (unpaired) electrons. The summed E-state index contributed by atoms with van der Waals surface area (Å²) in [6.07, 6.45) is -3.49. The maximum Gasteiger partial charge on any atom is 0.401 e. The molecule has 1 aliphatic heterocycles. The summed E-state index contributed by atoms with van der Waals surface area (Å²) in [5.41, 5.74) is 0.967. The summed E-state index contributed by atoms with van der Waals surface area (Å²) in [6, 6.07) is 7.50. The van der Waals surface area contributed by atoms with Gasteiger partial charge in [0.05, 0.1) is 6.54 Å². The average Bonchev–Trinajstić information content (AvgIpc) is 2.92. The highest BCUT2D eigenvalue weighted by atomic mass is 127. The lowest BCUT2D eigenvalue weighted by molar-refractivity contribution is -0.143. The highest BCUT2D eigenvalue weighted by molar-refractivity contribution is 14.0. The molecule has 2 rings (SSSR count). The van der Waals surface area contributed by atoms with Crippen LogP contribution in [-0.4, -0.2) is 61.7 Å². The largest absolute Gasteiger partial charge is 0.401 e. The van der Waals surface area contributed by atoms with Gasteiger partial charge in [-0.2, -0.15) is 13.2 Å². The fraction of sp³-hybridized carbons (Fsp3) is 0.562. The minimum Gasteiger partial charge on any atom is -0.352 e. The maximum absolute atomic E-state index is 12.5. The molecule has 0 aliphatic carbocycles. The number of guanidine groups is 1. The molecule has 25 heavy (non-hydrogen) atoms. The number of halogens is 5. The van der Waals surface area contributed by atoms with Gasteiger partial charge < -0.3 is 10.2 Å². The minimum absolute atomic E-state index is 0. The topological polar surface area (TPSA) is 30.9 Å². The summed E-state index contributed by atoms with van der Waals surface area (Å²) in [5, 5.41) is 3.92. The lowest BCUT2D eigenvalue weighted by atomic mass is 10.2. The van der Waals surface area contributed by atoms with E-state index in [2.05, 4.69) is 10.3 Å². The molecule has 1 unspecified atom stereocenters. The van der Waals surface area contributed by atoms with Crippen molar-refractivity contribution in [2.24, 2.45) is 4.99 Å². The van der Waals surface area contributed by atoms with Gasteiger partial charge in [0.1, 0.15) is 0 Å². The summed E-state index contributed by atoms with van der Waals surface area (Å²) < 4.78 is 37.4. The third-order valence-corrected chi connectivity index (χ3v) is 4.32. The van der Waals surface area contributed by atoms with Gasteiger partial charge in [0.25, 0.3) is 0 Å². The Bertz CT molecular complexity index is 583. The predicted molar refractivity (Wildman–Crippen MR) is 106 cm³/mol. The molecule has 0 saturated carbocycles. The standard InChI is InChI=1S/C16H22ClF3N4.HI/c1-21-15(23(2)9-12-5-3-4-6-14(12)17)22-13-7-8-24(10-13)11-16(18,19)20;/h3-6,13H,7-11H2,1-2H3,(H,21,22);1H. The van der Waals surface area contributed by atoms with Crippen molar-refractivity contribution < 1.29 is 13.2 Å². The quantitative estimate of drug-likeness (QED) is 0.398. The molecule has 1 N–H and O–H groups in total. The number of benzene rings is 1. The molecule has 0 spiro atoms. The van der Waals surface area contributed by atoms with Crippen LogP contribution in [0.2, 0.25) is 5.02 Å². The Labute approximate surface area is 168 Å². The zero-order valence-electron chi connectivity index (χ0n) is 14.2. The van der Waals surface area contributed by atoms with E-state index in [9.17, 15) is 13.2 Å². The van der Waals surface area contributed by atoms with Gasteiger partial charge >= 0.3 is 6.18 Å². The van der Waals surface area contributed by atoms with Crippen LogP contribution in [0.25, 0.3) is 0 Å². The van der Waals surface area contributed by atoms with E-state index in [0.717, 1.165) is 5.56 Å². The Hall–Kier alpha value is -0.740. The number of rotatable bonds is 4. The number of aliphatic imine (C=N–C) groups is 1. The number of likely N-dealkylation sites (tertiary alicyclic amines) is 1. The molecule has 9 heteroatoms. The molecule has 4 nitrogen and oxygen atoms in total. The fourth-order valence-electron chi connectivity index (χ4n) is 2.83. The van der Waals surface area contributed by atoms with E-state index >= 15 is 0 Å². The van der Waals surface area contributed by atoms with Crippen molar-refractivity contribution in [3.63, 3.8) is 0 Å². The van der Waals surface area contributed by atoms with Gasteiger partial charge in [-0.05, 0) is 18.1 Å². The van der Waals surface area contributed by atoms with Crippen molar-refractivity contribution in [1.29, 1.82) is 0 Å². The average molecular weight is 491 g/mol. The van der Waals surface area contributed by atoms with Crippen LogP contribution < -0.4 is 5.32 Å². The number of nitrogens with zero attached hydrogens (tertiary/aromatic N) is 3. The highest BCUT2D eigenvalue weighted by Gasteiger charge is 2.34. The number of hydrogen-bond acceptors (Lipinski definition) is 2. The van der Waals surface area contributed by atoms with Crippen LogP contribution in [-0.2, 0) is 6.54 Å². The van der Waals surface area contributed by atoms with Crippen molar-refractivity contribution in [3.05, 3.63) is 34.9 Å². The minimum atomic E-state index is -4.16. The third-order valence-electron chi connectivity index (χ3n) is 3.95. The summed E-state index contributed by atoms with van der Waals surface area (Å²) in [7, 11) is 3.54. The zero-order valence-corrected chi connectivity index (χ0v) is 17.3. The molecule has 142 valence electrons. The maximum atomic E-state index is 12.5. The van der Waals surface area contributed by atoms with E-state index in [1.807, 2.05) is 36.2 Å². The van der Waals surface area contributed by atoms with Gasteiger partial charge in [-0.25, -0.2) is 0 Å². The Morgan fingerprint density at radius 3 is 2.68 bits per heavy atom. The van der Waals surface area contributed by atoms with Crippen LogP contribution in [0.4, 0.5) is 13.2 Å². The van der Waals surface area contributed by atoms with Crippen molar-refractivity contribution >= 4 is 41.5 Å². The first-order valence-corrected chi connectivity index (χ1v) is 8.13. The lowest BCUT2D eigenvalue weighted by Crippen LogP contribution is -2.45. The molecule has 1 saturated heterocycles. The lowest BCUT2D eigenvalue weighted by Gasteiger charge is -2.25. The van der Waals surface area contributed by atoms with Crippen molar-refractivity contribution in [2.45, 2.75) is 25.2 Å². The second-order valence-corrected chi connectivity index (χ2v) is 6.38. The summed E-state index contributed by atoms with van der Waals surface area (Å²) in [6.45, 7) is 0.498. The Kier molecular flexibility index (Phi) is 8.76. The molecule has 0 aromatic heterocycles. The number of nitrogens with one attached hydrogen (secondary N) is 1. The van der Waals surface area contributed by atoms with Crippen LogP contribution in [0.3, 0.4) is 0 Å². The third kappa shape index (κ3) is 7.18. The van der Waals surface area contributed by atoms with Crippen LogP contribution in [0.5, 0.6) is 0 Å². The Balaban J connectivity index is 0.00000312. The van der Waals surface area contributed by atoms with Gasteiger partial charge in [0, 0.05) is 44.8 Å². The molecule has 1 atom stereocenters. The van der Waals surface area contributed by atoms with E-state index in [4.69, 9.17) is 11.6 Å². The van der Waals surface area contributed by atoms with E-state index in [1.54, 1.807) is 7.05 Å². The van der Waals surface area contributed by atoms with Crippen molar-refractivity contribution in [1.82, 2.24) is 15.1 Å². The summed E-state index contributed by atoms with van der Waals surface area (Å²) >= 11 is 6.17. The van der Waals surface area contributed by atoms with Gasteiger partial charge in [-0.3, -0.25) is 9.89 Å². The normalized spacial score (nSPS) is 18.8. The van der Waals surface area contributed by atoms with E-state index < -0.39 is 12.7 Å². The molecular formula is C16H23ClF3IN4. The zero-order chi connectivity index (χ0) is 17.7. The second kappa shape index (κ2) is 9.82. The van der Waals surface area contributed by atoms with Crippen molar-refractivity contribution in [3.8, 4) is 0 Å². The number of alkyl halides is 3. The Morgan fingerprint density at radius 2 is 2.08 bits per heavy atom. The molecule has 1 aromatic carbocycles. The molecular weight excluding hydrogens is 468 g/mol. The van der Waals surface area contributed by atoms with E-state index in [0.29, 0.717) is 37.0 Å². The van der Waals surface area contributed by atoms with E-state index in [1.165, 1.54) is 4.90 Å². The summed E-state index contributed by atoms with van der Waals surface area (Å²) in [5.74, 6) is 0.647. The van der Waals surface area contributed by atoms with Gasteiger partial charge in [0.15, 0.2) is 5.96 Å². The first-order valence-electron chi connectivity index (χ1n) is 7.75. The van der Waals surface area contributed by atoms with Crippen LogP contribution in [0, 0.1) is 0 Å². The van der Waals surface area contributed by atoms with Crippen LogP contribution >= 0.6 is 35.6 Å². The fourth-order valence-corrected chi connectivity index (χ4v) is 3.03. The molecule has 1 aliphatic rings. The van der Waals surface area contributed by atoms with Crippen LogP contribution in [0.1, 0.15) is 12.0 Å². The van der Waals surface area contributed by atoms with E-state index in [-0.39, 0.29) is 30.0 Å². The van der Waals surface area contributed by atoms with Crippen LogP contribution in [0.15, 0.2) is 29.3 Å². The van der Waals surface area contributed by atoms with Crippen molar-refractivity contribution in [2.75, 3.05) is 33.7 Å². The molecule has 1 fully saturated rings. The molecule has 1 aromatic rings. The summed E-state index contributed by atoms with van der Waals surface area (Å²) in [4.78, 5) is 7.55. The molecule has 0 amide bonds. The monoisotopic (exact) mass is 490 g/mol. The smallest absolute Gasteiger partial charge is 0.352 e. The highest BCUT2D eigenvalue weighted by Crippen LogP contribution is 2.20. The Morgan fingerprint density at radius 1 is 1.40 bits per heavy atom. The van der Waals surface area contributed by atoms with Gasteiger partial charge in [0.2, 0.25) is 0 Å². The second-order valence-electron chi connectivity index (χ2n) is 5.97. The SMILES string of the molecule is CN=C(NC1CCN(CC(F)(F)F)C1)N(C)Cc1ccccc1Cl.I. The molecule has 1 heterocycles.